The van der Waals surface area contributed by atoms with E-state index in [1.165, 1.54) is 6.42 Å². The van der Waals surface area contributed by atoms with Crippen LogP contribution in [0.25, 0.3) is 0 Å². The Hall–Kier alpha value is -1.86. The molecule has 0 aromatic carbocycles. The summed E-state index contributed by atoms with van der Waals surface area (Å²) in [4.78, 5) is 18.7. The second-order valence-corrected chi connectivity index (χ2v) is 5.22. The molecule has 1 aromatic rings. The van der Waals surface area contributed by atoms with E-state index >= 15 is 0 Å². The van der Waals surface area contributed by atoms with Gasteiger partial charge in [0.05, 0.1) is 11.1 Å². The van der Waals surface area contributed by atoms with Gasteiger partial charge in [-0.2, -0.15) is 0 Å². The number of piperidine rings is 1. The third-order valence-corrected chi connectivity index (χ3v) is 3.78. The van der Waals surface area contributed by atoms with Crippen molar-refractivity contribution in [3.8, 4) is 11.8 Å². The van der Waals surface area contributed by atoms with Crippen LogP contribution in [0.1, 0.15) is 49.0 Å². The van der Waals surface area contributed by atoms with Gasteiger partial charge in [0, 0.05) is 24.5 Å². The molecule has 1 aliphatic rings. The van der Waals surface area contributed by atoms with Crippen molar-refractivity contribution in [1.82, 2.24) is 9.88 Å². The molecular formula is C16H20N2O2. The lowest BCUT2D eigenvalue weighted by Crippen LogP contribution is -2.47. The number of carbonyl (C=O) groups is 1. The lowest BCUT2D eigenvalue weighted by atomic mass is 9.96. The van der Waals surface area contributed by atoms with Crippen LogP contribution < -0.4 is 0 Å². The van der Waals surface area contributed by atoms with Crippen LogP contribution in [0.2, 0.25) is 0 Å². The van der Waals surface area contributed by atoms with E-state index in [0.29, 0.717) is 11.1 Å². The van der Waals surface area contributed by atoms with Crippen molar-refractivity contribution < 1.29 is 9.90 Å². The number of nitrogens with zero attached hydrogens (tertiary/aromatic N) is 2. The molecule has 1 N–H and O–H groups in total. The summed E-state index contributed by atoms with van der Waals surface area (Å²) in [5.74, 6) is 5.39. The first-order valence-electron chi connectivity index (χ1n) is 7.01. The molecule has 1 amide bonds. The van der Waals surface area contributed by atoms with E-state index in [2.05, 4.69) is 30.7 Å². The van der Waals surface area contributed by atoms with Crippen LogP contribution in [0, 0.1) is 11.8 Å². The van der Waals surface area contributed by atoms with Crippen LogP contribution in [0.4, 0.5) is 0 Å². The first kappa shape index (κ1) is 14.5. The third-order valence-electron chi connectivity index (χ3n) is 3.78. The first-order chi connectivity index (χ1) is 9.65. The van der Waals surface area contributed by atoms with Crippen LogP contribution in [0.5, 0.6) is 0 Å². The molecule has 1 saturated heterocycles. The van der Waals surface area contributed by atoms with Crippen LogP contribution in [0.15, 0.2) is 18.5 Å². The number of amides is 1. The second kappa shape index (κ2) is 6.53. The Morgan fingerprint density at radius 2 is 2.15 bits per heavy atom. The van der Waals surface area contributed by atoms with Gasteiger partial charge in [-0.3, -0.25) is 9.78 Å². The molecule has 0 saturated carbocycles. The Labute approximate surface area is 119 Å². The number of likely N-dealkylation sites (tertiary alicyclic amines) is 1. The van der Waals surface area contributed by atoms with E-state index < -0.39 is 0 Å². The summed E-state index contributed by atoms with van der Waals surface area (Å²) >= 11 is 0. The Morgan fingerprint density at radius 1 is 1.45 bits per heavy atom. The maximum absolute atomic E-state index is 12.8. The largest absolute Gasteiger partial charge is 0.384 e. The van der Waals surface area contributed by atoms with Gasteiger partial charge in [-0.15, -0.1) is 0 Å². The molecule has 4 heteroatoms. The molecule has 1 aliphatic heterocycles. The monoisotopic (exact) mass is 272 g/mol. The molecule has 106 valence electrons. The summed E-state index contributed by atoms with van der Waals surface area (Å²) in [5, 5.41) is 8.80. The van der Waals surface area contributed by atoms with E-state index in [0.717, 1.165) is 12.8 Å². The van der Waals surface area contributed by atoms with Gasteiger partial charge in [0.25, 0.3) is 5.91 Å². The lowest BCUT2D eigenvalue weighted by molar-refractivity contribution is 0.0510. The normalized spacial score (nSPS) is 22.1. The molecule has 2 rings (SSSR count). The summed E-state index contributed by atoms with van der Waals surface area (Å²) in [5.41, 5.74) is 1.15. The molecule has 2 heterocycles. The van der Waals surface area contributed by atoms with E-state index in [1.54, 1.807) is 18.5 Å². The van der Waals surface area contributed by atoms with Crippen molar-refractivity contribution in [2.45, 2.75) is 45.2 Å². The zero-order valence-electron chi connectivity index (χ0n) is 12.0. The number of hydrogen-bond acceptors (Lipinski definition) is 3. The molecule has 0 radical (unpaired) electrons. The number of pyridine rings is 1. The van der Waals surface area contributed by atoms with Crippen LogP contribution in [-0.2, 0) is 0 Å². The number of hydrogen-bond donors (Lipinski definition) is 1. The van der Waals surface area contributed by atoms with Crippen molar-refractivity contribution >= 4 is 5.91 Å². The molecule has 0 aliphatic carbocycles. The van der Waals surface area contributed by atoms with Crippen LogP contribution >= 0.6 is 0 Å². The van der Waals surface area contributed by atoms with Crippen molar-refractivity contribution in [2.24, 2.45) is 0 Å². The Balaban J connectivity index is 2.33. The molecule has 2 atom stereocenters. The van der Waals surface area contributed by atoms with Crippen molar-refractivity contribution in [2.75, 3.05) is 6.61 Å². The van der Waals surface area contributed by atoms with Gasteiger partial charge in [0.15, 0.2) is 0 Å². The zero-order chi connectivity index (χ0) is 14.5. The van der Waals surface area contributed by atoms with Gasteiger partial charge in [-0.05, 0) is 39.2 Å². The fraction of sp³-hybridized carbons (Fsp3) is 0.500. The minimum atomic E-state index is -0.223. The molecule has 20 heavy (non-hydrogen) atoms. The summed E-state index contributed by atoms with van der Waals surface area (Å²) in [6.45, 7) is 3.96. The van der Waals surface area contributed by atoms with Crippen molar-refractivity contribution in [1.29, 1.82) is 0 Å². The van der Waals surface area contributed by atoms with E-state index in [-0.39, 0.29) is 24.6 Å². The third kappa shape index (κ3) is 3.00. The van der Waals surface area contributed by atoms with Gasteiger partial charge >= 0.3 is 0 Å². The SMILES string of the molecule is CC1CCCC(C)N1C(=O)c1ccncc1C#CCO. The number of aliphatic hydroxyl groups excluding tert-OH is 1. The highest BCUT2D eigenvalue weighted by Crippen LogP contribution is 2.25. The highest BCUT2D eigenvalue weighted by Gasteiger charge is 2.30. The Morgan fingerprint density at radius 3 is 2.80 bits per heavy atom. The lowest BCUT2D eigenvalue weighted by Gasteiger charge is -2.39. The fourth-order valence-corrected chi connectivity index (χ4v) is 2.78. The smallest absolute Gasteiger partial charge is 0.255 e. The number of rotatable bonds is 1. The second-order valence-electron chi connectivity index (χ2n) is 5.22. The minimum absolute atomic E-state index is 0.00865. The van der Waals surface area contributed by atoms with Gasteiger partial charge in [0.2, 0.25) is 0 Å². The maximum atomic E-state index is 12.8. The molecule has 2 unspecified atom stereocenters. The predicted molar refractivity (Wildman–Crippen MR) is 77.1 cm³/mol. The van der Waals surface area contributed by atoms with E-state index in [1.807, 2.05) is 4.90 Å². The average molecular weight is 272 g/mol. The standard InChI is InChI=1S/C16H20N2O2/c1-12-5-3-6-13(2)18(12)16(20)15-8-9-17-11-14(15)7-4-10-19/h8-9,11-13,19H,3,5-6,10H2,1-2H3. The summed E-state index contributed by atoms with van der Waals surface area (Å²) in [6.07, 6.45) is 6.43. The summed E-state index contributed by atoms with van der Waals surface area (Å²) in [7, 11) is 0. The maximum Gasteiger partial charge on any atom is 0.255 e. The summed E-state index contributed by atoms with van der Waals surface area (Å²) < 4.78 is 0. The van der Waals surface area contributed by atoms with Crippen molar-refractivity contribution in [3.05, 3.63) is 29.6 Å². The predicted octanol–water partition coefficient (Wildman–Crippen LogP) is 1.83. The van der Waals surface area contributed by atoms with E-state index in [9.17, 15) is 4.79 Å². The van der Waals surface area contributed by atoms with Gasteiger partial charge in [-0.25, -0.2) is 0 Å². The number of aliphatic hydroxyl groups is 1. The molecule has 0 spiro atoms. The molecule has 4 nitrogen and oxygen atoms in total. The van der Waals surface area contributed by atoms with Crippen LogP contribution in [0.3, 0.4) is 0 Å². The average Bonchev–Trinajstić information content (AvgIpc) is 2.45. The molecule has 1 aromatic heterocycles. The van der Waals surface area contributed by atoms with Crippen molar-refractivity contribution in [3.63, 3.8) is 0 Å². The molecule has 0 bridgehead atoms. The first-order valence-corrected chi connectivity index (χ1v) is 7.01. The van der Waals surface area contributed by atoms with Gasteiger partial charge in [-0.1, -0.05) is 11.8 Å². The highest BCUT2D eigenvalue weighted by molar-refractivity contribution is 5.97. The quantitative estimate of drug-likeness (QED) is 0.794. The summed E-state index contributed by atoms with van der Waals surface area (Å²) in [6, 6.07) is 2.20. The minimum Gasteiger partial charge on any atom is -0.384 e. The zero-order valence-corrected chi connectivity index (χ0v) is 12.0. The van der Waals surface area contributed by atoms with Gasteiger partial charge in [0.1, 0.15) is 6.61 Å². The van der Waals surface area contributed by atoms with Crippen LogP contribution in [-0.4, -0.2) is 39.6 Å². The molecule has 1 fully saturated rings. The Kier molecular flexibility index (Phi) is 4.75. The topological polar surface area (TPSA) is 53.4 Å². The van der Waals surface area contributed by atoms with E-state index in [4.69, 9.17) is 5.11 Å². The molecular weight excluding hydrogens is 252 g/mol. The fourth-order valence-electron chi connectivity index (χ4n) is 2.78. The number of aromatic nitrogens is 1. The van der Waals surface area contributed by atoms with Gasteiger partial charge < -0.3 is 10.0 Å². The Bertz CT molecular complexity index is 535. The highest BCUT2D eigenvalue weighted by atomic mass is 16.2. The number of carbonyl (C=O) groups excluding carboxylic acids is 1.